The molecule has 0 amide bonds. The molecule has 0 aliphatic heterocycles. The molecule has 0 bridgehead atoms. The van der Waals surface area contributed by atoms with E-state index >= 15 is 0 Å². The van der Waals surface area contributed by atoms with Gasteiger partial charge in [-0.1, -0.05) is 0 Å². The Morgan fingerprint density at radius 3 is 2.10 bits per heavy atom. The summed E-state index contributed by atoms with van der Waals surface area (Å²) in [6.45, 7) is 3.81. The zero-order valence-corrected chi connectivity index (χ0v) is 13.8. The van der Waals surface area contributed by atoms with E-state index in [1.807, 2.05) is 13.8 Å². The van der Waals surface area contributed by atoms with Gasteiger partial charge in [-0.2, -0.15) is 0 Å². The summed E-state index contributed by atoms with van der Waals surface area (Å²) in [7, 11) is 2.18. The first-order valence-corrected chi connectivity index (χ1v) is 8.61. The van der Waals surface area contributed by atoms with Crippen molar-refractivity contribution in [3.63, 3.8) is 0 Å². The lowest BCUT2D eigenvalue weighted by Crippen LogP contribution is -2.42. The average Bonchev–Trinajstić information content (AvgIpc) is 2.70. The SMILES string of the molecule is CO[Si](CCCc1cc(O)n(C(C)C)c1O)(OC)OC. The summed E-state index contributed by atoms with van der Waals surface area (Å²) in [6.07, 6.45) is 1.38. The van der Waals surface area contributed by atoms with Gasteiger partial charge in [0.15, 0.2) is 11.8 Å². The Morgan fingerprint density at radius 1 is 1.15 bits per heavy atom. The maximum atomic E-state index is 10.1. The van der Waals surface area contributed by atoms with Crippen molar-refractivity contribution in [3.05, 3.63) is 11.6 Å². The summed E-state index contributed by atoms with van der Waals surface area (Å²) in [5.41, 5.74) is 0.724. The van der Waals surface area contributed by atoms with Gasteiger partial charge in [-0.15, -0.1) is 0 Å². The normalized spacial score (nSPS) is 12.3. The Labute approximate surface area is 121 Å². The van der Waals surface area contributed by atoms with Gasteiger partial charge in [0.25, 0.3) is 0 Å². The van der Waals surface area contributed by atoms with Crippen LogP contribution in [0.1, 0.15) is 31.9 Å². The minimum atomic E-state index is -2.57. The van der Waals surface area contributed by atoms with E-state index in [9.17, 15) is 10.2 Å². The number of hydrogen-bond donors (Lipinski definition) is 2. The van der Waals surface area contributed by atoms with Gasteiger partial charge in [0.1, 0.15) is 0 Å². The van der Waals surface area contributed by atoms with Gasteiger partial charge in [-0.05, 0) is 26.7 Å². The molecular formula is C13H25NO5Si. The highest BCUT2D eigenvalue weighted by molar-refractivity contribution is 6.60. The highest BCUT2D eigenvalue weighted by atomic mass is 28.4. The Kier molecular flexibility index (Phi) is 6.06. The van der Waals surface area contributed by atoms with E-state index in [1.54, 1.807) is 27.4 Å². The molecule has 1 rings (SSSR count). The molecule has 1 aromatic heterocycles. The van der Waals surface area contributed by atoms with Gasteiger partial charge >= 0.3 is 8.80 Å². The summed E-state index contributed by atoms with van der Waals surface area (Å²) in [4.78, 5) is 0. The largest absolute Gasteiger partial charge is 0.500 e. The number of aryl methyl sites for hydroxylation is 1. The van der Waals surface area contributed by atoms with E-state index in [4.69, 9.17) is 13.3 Å². The summed E-state index contributed by atoms with van der Waals surface area (Å²) >= 11 is 0. The van der Waals surface area contributed by atoms with E-state index < -0.39 is 8.80 Å². The first-order chi connectivity index (χ1) is 9.40. The standard InChI is InChI=1S/C13H25NO5Si/c1-10(2)14-12(15)9-11(13(14)16)7-6-8-20(17-3,18-4)19-5/h9-10,15-16H,6-8H2,1-5H3. The van der Waals surface area contributed by atoms with Crippen molar-refractivity contribution < 1.29 is 23.5 Å². The van der Waals surface area contributed by atoms with Crippen LogP contribution < -0.4 is 0 Å². The Balaban J connectivity index is 2.70. The molecule has 0 saturated carbocycles. The highest BCUT2D eigenvalue weighted by Gasteiger charge is 2.37. The summed E-state index contributed by atoms with van der Waals surface area (Å²) < 4.78 is 17.5. The van der Waals surface area contributed by atoms with Crippen molar-refractivity contribution >= 4 is 8.80 Å². The first kappa shape index (κ1) is 17.0. The van der Waals surface area contributed by atoms with Crippen LogP contribution in [0.15, 0.2) is 6.07 Å². The molecule has 0 atom stereocenters. The third-order valence-corrected chi connectivity index (χ3v) is 6.28. The van der Waals surface area contributed by atoms with Crippen LogP contribution >= 0.6 is 0 Å². The minimum Gasteiger partial charge on any atom is -0.494 e. The smallest absolute Gasteiger partial charge is 0.494 e. The third kappa shape index (κ3) is 3.54. The van der Waals surface area contributed by atoms with Crippen LogP contribution in [0.3, 0.4) is 0 Å². The van der Waals surface area contributed by atoms with Crippen LogP contribution in [0.2, 0.25) is 6.04 Å². The van der Waals surface area contributed by atoms with Crippen LogP contribution in [0.25, 0.3) is 0 Å². The van der Waals surface area contributed by atoms with Gasteiger partial charge in [-0.3, -0.25) is 4.57 Å². The quantitative estimate of drug-likeness (QED) is 0.721. The maximum absolute atomic E-state index is 10.1. The van der Waals surface area contributed by atoms with Crippen molar-refractivity contribution in [2.24, 2.45) is 0 Å². The molecule has 0 aliphatic carbocycles. The van der Waals surface area contributed by atoms with Crippen molar-refractivity contribution in [2.75, 3.05) is 21.3 Å². The lowest BCUT2D eigenvalue weighted by Gasteiger charge is -2.24. The third-order valence-electron chi connectivity index (χ3n) is 3.44. The lowest BCUT2D eigenvalue weighted by molar-refractivity contribution is 0.123. The molecule has 6 nitrogen and oxygen atoms in total. The summed E-state index contributed by atoms with van der Waals surface area (Å²) in [5.74, 6) is 0.207. The van der Waals surface area contributed by atoms with E-state index in [0.29, 0.717) is 12.5 Å². The second kappa shape index (κ2) is 7.12. The molecule has 0 aliphatic rings. The number of rotatable bonds is 8. The van der Waals surface area contributed by atoms with Crippen LogP contribution in [0.4, 0.5) is 0 Å². The number of aromatic nitrogens is 1. The van der Waals surface area contributed by atoms with Gasteiger partial charge in [0, 0.05) is 45.0 Å². The monoisotopic (exact) mass is 303 g/mol. The Morgan fingerprint density at radius 2 is 1.70 bits per heavy atom. The zero-order valence-electron chi connectivity index (χ0n) is 12.8. The number of hydrogen-bond acceptors (Lipinski definition) is 5. The Bertz CT molecular complexity index is 420. The van der Waals surface area contributed by atoms with Crippen LogP contribution in [-0.4, -0.2) is 44.9 Å². The molecule has 1 aromatic rings. The Hall–Kier alpha value is -1.02. The van der Waals surface area contributed by atoms with Crippen LogP contribution in [-0.2, 0) is 19.7 Å². The molecule has 1 heterocycles. The van der Waals surface area contributed by atoms with E-state index in [-0.39, 0.29) is 17.8 Å². The molecule has 0 aromatic carbocycles. The van der Waals surface area contributed by atoms with Crippen molar-refractivity contribution in [2.45, 2.75) is 38.8 Å². The lowest BCUT2D eigenvalue weighted by atomic mass is 10.2. The van der Waals surface area contributed by atoms with Gasteiger partial charge in [-0.25, -0.2) is 0 Å². The fourth-order valence-electron chi connectivity index (χ4n) is 2.30. The second-order valence-electron chi connectivity index (χ2n) is 4.96. The molecule has 0 saturated heterocycles. The van der Waals surface area contributed by atoms with Gasteiger partial charge in [0.2, 0.25) is 0 Å². The van der Waals surface area contributed by atoms with Gasteiger partial charge < -0.3 is 23.5 Å². The molecule has 0 spiro atoms. The predicted octanol–water partition coefficient (Wildman–Crippen LogP) is 2.29. The molecule has 20 heavy (non-hydrogen) atoms. The predicted molar refractivity (Wildman–Crippen MR) is 78.1 cm³/mol. The average molecular weight is 303 g/mol. The van der Waals surface area contributed by atoms with Gasteiger partial charge in [0.05, 0.1) is 0 Å². The number of nitrogens with zero attached hydrogens (tertiary/aromatic N) is 1. The fourth-order valence-corrected chi connectivity index (χ4v) is 4.02. The first-order valence-electron chi connectivity index (χ1n) is 6.68. The molecule has 0 unspecified atom stereocenters. The summed E-state index contributed by atoms with van der Waals surface area (Å²) in [5, 5.41) is 19.9. The van der Waals surface area contributed by atoms with E-state index in [2.05, 4.69) is 0 Å². The highest BCUT2D eigenvalue weighted by Crippen LogP contribution is 2.32. The maximum Gasteiger partial charge on any atom is 0.500 e. The molecule has 2 N–H and O–H groups in total. The van der Waals surface area contributed by atoms with E-state index in [0.717, 1.165) is 12.0 Å². The van der Waals surface area contributed by atoms with Crippen molar-refractivity contribution in [1.82, 2.24) is 4.57 Å². The van der Waals surface area contributed by atoms with Crippen molar-refractivity contribution in [3.8, 4) is 11.8 Å². The summed E-state index contributed by atoms with van der Waals surface area (Å²) in [6, 6.07) is 2.27. The molecule has 0 radical (unpaired) electrons. The minimum absolute atomic E-state index is 0.00846. The molecule has 116 valence electrons. The topological polar surface area (TPSA) is 73.1 Å². The van der Waals surface area contributed by atoms with Crippen LogP contribution in [0, 0.1) is 0 Å². The molecule has 7 heteroatoms. The number of aromatic hydroxyl groups is 2. The molecule has 0 fully saturated rings. The van der Waals surface area contributed by atoms with Crippen molar-refractivity contribution in [1.29, 1.82) is 0 Å². The fraction of sp³-hybridized carbons (Fsp3) is 0.692. The second-order valence-corrected chi connectivity index (χ2v) is 8.05. The molecular weight excluding hydrogens is 278 g/mol. The zero-order chi connectivity index (χ0) is 15.3. The van der Waals surface area contributed by atoms with Crippen LogP contribution in [0.5, 0.6) is 11.8 Å². The van der Waals surface area contributed by atoms with E-state index in [1.165, 1.54) is 4.57 Å².